The maximum Gasteiger partial charge on any atom is 0.222 e. The average molecular weight is 297 g/mol. The van der Waals surface area contributed by atoms with E-state index in [2.05, 4.69) is 9.97 Å². The van der Waals surface area contributed by atoms with Gasteiger partial charge in [0.15, 0.2) is 0 Å². The maximum atomic E-state index is 11.3. The van der Waals surface area contributed by atoms with Crippen molar-refractivity contribution in [2.75, 3.05) is 6.54 Å². The molecule has 2 rings (SSSR count). The molecular weight excluding hydrogens is 278 g/mol. The van der Waals surface area contributed by atoms with Gasteiger partial charge in [-0.15, -0.1) is 0 Å². The Morgan fingerprint density at radius 2 is 2.20 bits per heavy atom. The molecule has 0 bridgehead atoms. The van der Waals surface area contributed by atoms with E-state index < -0.39 is 6.09 Å². The zero-order valence-electron chi connectivity index (χ0n) is 12.0. The highest BCUT2D eigenvalue weighted by Gasteiger charge is 2.37. The third-order valence-electron chi connectivity index (χ3n) is 3.90. The summed E-state index contributed by atoms with van der Waals surface area (Å²) < 4.78 is 0. The van der Waals surface area contributed by atoms with Crippen LogP contribution < -0.4 is 5.11 Å². The lowest BCUT2D eigenvalue weighted by Crippen LogP contribution is -2.55. The molecule has 1 saturated heterocycles. The Hall–Kier alpha value is -1.36. The van der Waals surface area contributed by atoms with Crippen molar-refractivity contribution in [1.82, 2.24) is 14.9 Å². The van der Waals surface area contributed by atoms with E-state index in [1.165, 1.54) is 4.90 Å². The van der Waals surface area contributed by atoms with Crippen LogP contribution in [0.2, 0.25) is 5.28 Å². The molecule has 1 fully saturated rings. The standard InChI is InChI=1S/C14H20ClN3O2/c1-14(2,3)11-8-9(5-7-18(11)13(19)20)10-4-6-16-12(15)17-10/h4,6,9,11H,5,7-8H2,1-3H3,(H,19,20)/p-1. The Morgan fingerprint density at radius 3 is 2.75 bits per heavy atom. The minimum absolute atomic E-state index is 0.0833. The molecule has 2 atom stereocenters. The molecule has 0 radical (unpaired) electrons. The number of carboxylic acid groups (broad SMARTS) is 1. The van der Waals surface area contributed by atoms with E-state index in [0.29, 0.717) is 6.54 Å². The van der Waals surface area contributed by atoms with Gasteiger partial charge in [0, 0.05) is 30.4 Å². The molecule has 0 aliphatic carbocycles. The highest BCUT2D eigenvalue weighted by atomic mass is 35.5. The molecule has 2 heterocycles. The van der Waals surface area contributed by atoms with Crippen molar-refractivity contribution in [3.05, 3.63) is 23.2 Å². The smallest absolute Gasteiger partial charge is 0.222 e. The van der Waals surface area contributed by atoms with Crippen LogP contribution in [0.3, 0.4) is 0 Å². The Bertz CT molecular complexity index is 501. The summed E-state index contributed by atoms with van der Waals surface area (Å²) in [7, 11) is 0. The first-order chi connectivity index (χ1) is 9.29. The number of hydrogen-bond acceptors (Lipinski definition) is 4. The van der Waals surface area contributed by atoms with E-state index >= 15 is 0 Å². The first-order valence-electron chi connectivity index (χ1n) is 6.75. The number of likely N-dealkylation sites (tertiary alicyclic amines) is 1. The molecule has 0 N–H and O–H groups in total. The van der Waals surface area contributed by atoms with Crippen molar-refractivity contribution in [1.29, 1.82) is 0 Å². The number of carbonyl (C=O) groups is 1. The Morgan fingerprint density at radius 1 is 1.50 bits per heavy atom. The van der Waals surface area contributed by atoms with E-state index in [1.807, 2.05) is 26.8 Å². The Kier molecular flexibility index (Phi) is 4.18. The third kappa shape index (κ3) is 3.20. The third-order valence-corrected chi connectivity index (χ3v) is 4.08. The molecular formula is C14H19ClN3O2-. The van der Waals surface area contributed by atoms with Gasteiger partial charge < -0.3 is 14.8 Å². The minimum Gasteiger partial charge on any atom is -0.530 e. The van der Waals surface area contributed by atoms with Crippen LogP contribution in [0.1, 0.15) is 45.2 Å². The number of amides is 1. The van der Waals surface area contributed by atoms with Gasteiger partial charge in [0.05, 0.1) is 0 Å². The van der Waals surface area contributed by atoms with Gasteiger partial charge in [0.1, 0.15) is 6.09 Å². The van der Waals surface area contributed by atoms with Gasteiger partial charge in [-0.1, -0.05) is 20.8 Å². The van der Waals surface area contributed by atoms with Crippen LogP contribution in [-0.4, -0.2) is 33.5 Å². The second kappa shape index (κ2) is 5.56. The van der Waals surface area contributed by atoms with Gasteiger partial charge >= 0.3 is 0 Å². The Labute approximate surface area is 124 Å². The molecule has 20 heavy (non-hydrogen) atoms. The van der Waals surface area contributed by atoms with Crippen molar-refractivity contribution in [2.45, 2.75) is 45.6 Å². The largest absolute Gasteiger partial charge is 0.530 e. The van der Waals surface area contributed by atoms with Gasteiger partial charge in [0.2, 0.25) is 5.28 Å². The van der Waals surface area contributed by atoms with E-state index in [1.54, 1.807) is 6.20 Å². The number of halogens is 1. The lowest BCUT2D eigenvalue weighted by Gasteiger charge is -2.47. The van der Waals surface area contributed by atoms with E-state index in [0.717, 1.165) is 18.5 Å². The highest BCUT2D eigenvalue weighted by molar-refractivity contribution is 6.28. The van der Waals surface area contributed by atoms with Gasteiger partial charge in [-0.3, -0.25) is 0 Å². The lowest BCUT2D eigenvalue weighted by atomic mass is 9.76. The summed E-state index contributed by atoms with van der Waals surface area (Å²) in [5.41, 5.74) is 0.743. The summed E-state index contributed by atoms with van der Waals surface area (Å²) in [6.45, 7) is 6.60. The summed E-state index contributed by atoms with van der Waals surface area (Å²) >= 11 is 5.83. The second-order valence-corrected chi connectivity index (χ2v) is 6.65. The van der Waals surface area contributed by atoms with Gasteiger partial charge in [0.25, 0.3) is 0 Å². The predicted molar refractivity (Wildman–Crippen MR) is 74.4 cm³/mol. The summed E-state index contributed by atoms with van der Waals surface area (Å²) in [5, 5.41) is 11.5. The predicted octanol–water partition coefficient (Wildman–Crippen LogP) is 2.07. The summed E-state index contributed by atoms with van der Waals surface area (Å²) in [6.07, 6.45) is 2.00. The van der Waals surface area contributed by atoms with Crippen LogP contribution in [0.15, 0.2) is 12.3 Å². The van der Waals surface area contributed by atoms with Crippen molar-refractivity contribution in [3.63, 3.8) is 0 Å². The molecule has 0 saturated carbocycles. The first-order valence-corrected chi connectivity index (χ1v) is 7.13. The molecule has 0 spiro atoms. The molecule has 1 aromatic heterocycles. The van der Waals surface area contributed by atoms with Crippen molar-refractivity contribution < 1.29 is 9.90 Å². The molecule has 1 aliphatic heterocycles. The zero-order valence-corrected chi connectivity index (χ0v) is 12.7. The molecule has 110 valence electrons. The number of hydrogen-bond donors (Lipinski definition) is 0. The van der Waals surface area contributed by atoms with Crippen molar-refractivity contribution in [3.8, 4) is 0 Å². The molecule has 1 aliphatic rings. The first kappa shape index (κ1) is 15.0. The van der Waals surface area contributed by atoms with Crippen LogP contribution in [-0.2, 0) is 0 Å². The normalized spacial score (nSPS) is 23.7. The van der Waals surface area contributed by atoms with Crippen LogP contribution in [0.25, 0.3) is 0 Å². The number of nitrogens with zero attached hydrogens (tertiary/aromatic N) is 3. The quantitative estimate of drug-likeness (QED) is 0.744. The zero-order chi connectivity index (χ0) is 14.9. The summed E-state index contributed by atoms with van der Waals surface area (Å²) in [4.78, 5) is 20.9. The summed E-state index contributed by atoms with van der Waals surface area (Å²) in [6, 6.07) is 1.77. The van der Waals surface area contributed by atoms with Gasteiger partial charge in [-0.05, 0) is 35.9 Å². The fourth-order valence-electron chi connectivity index (χ4n) is 2.85. The fraction of sp³-hybridized carbons (Fsp3) is 0.643. The number of aromatic nitrogens is 2. The SMILES string of the molecule is CC(C)(C)C1CC(c2ccnc(Cl)n2)CCN1C(=O)[O-]. The molecule has 5 nitrogen and oxygen atoms in total. The summed E-state index contributed by atoms with van der Waals surface area (Å²) in [5.74, 6) is 0.204. The molecule has 1 aromatic rings. The number of piperidine rings is 1. The van der Waals surface area contributed by atoms with E-state index in [9.17, 15) is 9.90 Å². The topological polar surface area (TPSA) is 69.2 Å². The number of rotatable bonds is 1. The van der Waals surface area contributed by atoms with Gasteiger partial charge in [-0.2, -0.15) is 0 Å². The van der Waals surface area contributed by atoms with Crippen molar-refractivity contribution in [2.24, 2.45) is 5.41 Å². The fourth-order valence-corrected chi connectivity index (χ4v) is 3.00. The second-order valence-electron chi connectivity index (χ2n) is 6.31. The molecule has 0 aromatic carbocycles. The van der Waals surface area contributed by atoms with Crippen LogP contribution in [0.4, 0.5) is 4.79 Å². The Balaban J connectivity index is 2.23. The van der Waals surface area contributed by atoms with Crippen LogP contribution in [0, 0.1) is 5.41 Å². The molecule has 6 heteroatoms. The molecule has 2 unspecified atom stereocenters. The average Bonchev–Trinajstić information content (AvgIpc) is 2.37. The maximum absolute atomic E-state index is 11.3. The monoisotopic (exact) mass is 296 g/mol. The van der Waals surface area contributed by atoms with Crippen LogP contribution in [0.5, 0.6) is 0 Å². The number of carbonyl (C=O) groups excluding carboxylic acids is 1. The van der Waals surface area contributed by atoms with Crippen molar-refractivity contribution >= 4 is 17.7 Å². The molecule has 1 amide bonds. The van der Waals surface area contributed by atoms with Crippen LogP contribution >= 0.6 is 11.6 Å². The minimum atomic E-state index is -1.09. The lowest BCUT2D eigenvalue weighted by molar-refractivity contribution is -0.271. The van der Waals surface area contributed by atoms with Gasteiger partial charge in [-0.25, -0.2) is 9.97 Å². The van der Waals surface area contributed by atoms with E-state index in [-0.39, 0.29) is 22.7 Å². The highest BCUT2D eigenvalue weighted by Crippen LogP contribution is 2.38. The van der Waals surface area contributed by atoms with E-state index in [4.69, 9.17) is 11.6 Å².